The molecule has 0 fully saturated rings. The van der Waals surface area contributed by atoms with Crippen molar-refractivity contribution in [3.63, 3.8) is 0 Å². The minimum atomic E-state index is 0.363. The first kappa shape index (κ1) is 16.3. The van der Waals surface area contributed by atoms with Crippen molar-refractivity contribution in [3.8, 4) is 11.6 Å². The molecule has 0 amide bonds. The molecule has 0 atom stereocenters. The molecule has 0 spiro atoms. The number of pyridine rings is 1. The van der Waals surface area contributed by atoms with E-state index in [9.17, 15) is 0 Å². The van der Waals surface area contributed by atoms with Crippen LogP contribution in [0.4, 0.5) is 0 Å². The summed E-state index contributed by atoms with van der Waals surface area (Å²) in [5.41, 5.74) is 2.10. The Morgan fingerprint density at radius 3 is 2.76 bits per heavy atom. The lowest BCUT2D eigenvalue weighted by molar-refractivity contribution is 0.453. The van der Waals surface area contributed by atoms with Crippen LogP contribution in [0.15, 0.2) is 34.9 Å². The third-order valence-corrected chi connectivity index (χ3v) is 3.92. The van der Waals surface area contributed by atoms with E-state index in [4.69, 9.17) is 16.3 Å². The predicted molar refractivity (Wildman–Crippen MR) is 90.3 cm³/mol. The molecule has 2 rings (SSSR count). The number of hydrogen-bond donors (Lipinski definition) is 1. The minimum Gasteiger partial charge on any atom is -0.439 e. The van der Waals surface area contributed by atoms with Crippen molar-refractivity contribution in [1.82, 2.24) is 10.3 Å². The Morgan fingerprint density at radius 2 is 2.10 bits per heavy atom. The first-order valence-corrected chi connectivity index (χ1v) is 7.94. The molecular formula is C16H18BrClN2O. The van der Waals surface area contributed by atoms with Gasteiger partial charge in [0.1, 0.15) is 5.75 Å². The van der Waals surface area contributed by atoms with Gasteiger partial charge < -0.3 is 10.1 Å². The number of aromatic nitrogens is 1. The van der Waals surface area contributed by atoms with Crippen LogP contribution in [0.25, 0.3) is 0 Å². The second kappa shape index (κ2) is 7.25. The third-order valence-electron chi connectivity index (χ3n) is 3.09. The van der Waals surface area contributed by atoms with Crippen molar-refractivity contribution in [2.45, 2.75) is 26.3 Å². The van der Waals surface area contributed by atoms with Crippen LogP contribution in [-0.4, -0.2) is 12.0 Å². The first-order valence-electron chi connectivity index (χ1n) is 6.77. The van der Waals surface area contributed by atoms with Crippen LogP contribution < -0.4 is 10.1 Å². The van der Waals surface area contributed by atoms with E-state index in [1.807, 2.05) is 25.2 Å². The number of halogens is 2. The maximum Gasteiger partial charge on any atom is 0.219 e. The summed E-state index contributed by atoms with van der Waals surface area (Å²) in [6, 6.07) is 7.86. The fraction of sp³-hybridized carbons (Fsp3) is 0.312. The van der Waals surface area contributed by atoms with Crippen molar-refractivity contribution < 1.29 is 4.74 Å². The molecule has 0 bridgehead atoms. The Hall–Kier alpha value is -1.10. The standard InChI is InChI=1S/C16H18BrClN2O/c1-10(2)13-7-12(17)4-5-15(13)21-16-6-11(8-19-3)14(18)9-20-16/h4-7,9-10,19H,8H2,1-3H3. The van der Waals surface area contributed by atoms with Crippen LogP contribution in [0.5, 0.6) is 11.6 Å². The SMILES string of the molecule is CNCc1cc(Oc2ccc(Br)cc2C(C)C)ncc1Cl. The summed E-state index contributed by atoms with van der Waals surface area (Å²) in [6.07, 6.45) is 1.62. The van der Waals surface area contributed by atoms with E-state index in [0.717, 1.165) is 21.3 Å². The predicted octanol–water partition coefficient (Wildman–Crippen LogP) is 5.13. The maximum absolute atomic E-state index is 6.12. The average molecular weight is 370 g/mol. The van der Waals surface area contributed by atoms with Crippen LogP contribution in [0.1, 0.15) is 30.9 Å². The monoisotopic (exact) mass is 368 g/mol. The molecule has 5 heteroatoms. The normalized spacial score (nSPS) is 11.0. The van der Waals surface area contributed by atoms with Crippen molar-refractivity contribution in [1.29, 1.82) is 0 Å². The Morgan fingerprint density at radius 1 is 1.33 bits per heavy atom. The second-order valence-corrected chi connectivity index (χ2v) is 6.41. The summed E-state index contributed by atoms with van der Waals surface area (Å²) in [4.78, 5) is 4.25. The topological polar surface area (TPSA) is 34.1 Å². The van der Waals surface area contributed by atoms with E-state index in [2.05, 4.69) is 46.1 Å². The fourth-order valence-corrected chi connectivity index (χ4v) is 2.57. The number of nitrogens with zero attached hydrogens (tertiary/aromatic N) is 1. The quantitative estimate of drug-likeness (QED) is 0.793. The Balaban J connectivity index is 2.32. The lowest BCUT2D eigenvalue weighted by atomic mass is 10.0. The molecule has 0 aliphatic heterocycles. The van der Waals surface area contributed by atoms with Gasteiger partial charge in [0.15, 0.2) is 0 Å². The zero-order valence-electron chi connectivity index (χ0n) is 12.3. The summed E-state index contributed by atoms with van der Waals surface area (Å²) >= 11 is 9.61. The molecular weight excluding hydrogens is 352 g/mol. The fourth-order valence-electron chi connectivity index (χ4n) is 2.02. The summed E-state index contributed by atoms with van der Waals surface area (Å²) in [5.74, 6) is 1.73. The number of nitrogens with one attached hydrogen (secondary N) is 1. The summed E-state index contributed by atoms with van der Waals surface area (Å²) in [5, 5.41) is 3.71. The van der Waals surface area contributed by atoms with Crippen molar-refractivity contribution >= 4 is 27.5 Å². The lowest BCUT2D eigenvalue weighted by Gasteiger charge is -2.14. The molecule has 0 aliphatic rings. The number of rotatable bonds is 5. The highest BCUT2D eigenvalue weighted by Crippen LogP contribution is 2.33. The van der Waals surface area contributed by atoms with Crippen LogP contribution >= 0.6 is 27.5 Å². The summed E-state index contributed by atoms with van der Waals surface area (Å²) < 4.78 is 6.99. The highest BCUT2D eigenvalue weighted by atomic mass is 79.9. The third kappa shape index (κ3) is 4.19. The van der Waals surface area contributed by atoms with Gasteiger partial charge in [-0.25, -0.2) is 4.98 Å². The van der Waals surface area contributed by atoms with Gasteiger partial charge in [0.05, 0.1) is 5.02 Å². The highest BCUT2D eigenvalue weighted by molar-refractivity contribution is 9.10. The van der Waals surface area contributed by atoms with Gasteiger partial charge in [-0.3, -0.25) is 0 Å². The van der Waals surface area contributed by atoms with Gasteiger partial charge in [0.25, 0.3) is 0 Å². The van der Waals surface area contributed by atoms with Crippen molar-refractivity contribution in [2.24, 2.45) is 0 Å². The molecule has 2 aromatic rings. The molecule has 3 nitrogen and oxygen atoms in total. The summed E-state index contributed by atoms with van der Waals surface area (Å²) in [6.45, 7) is 4.95. The molecule has 21 heavy (non-hydrogen) atoms. The van der Waals surface area contributed by atoms with Crippen LogP contribution in [0.2, 0.25) is 5.02 Å². The molecule has 0 saturated heterocycles. The number of ether oxygens (including phenoxy) is 1. The first-order chi connectivity index (χ1) is 10.0. The average Bonchev–Trinajstić information content (AvgIpc) is 2.44. The van der Waals surface area contributed by atoms with Crippen LogP contribution in [0.3, 0.4) is 0 Å². The Labute approximate surface area is 138 Å². The van der Waals surface area contributed by atoms with E-state index in [0.29, 0.717) is 23.4 Å². The molecule has 1 aromatic carbocycles. The van der Waals surface area contributed by atoms with Gasteiger partial charge in [-0.2, -0.15) is 0 Å². The number of benzene rings is 1. The van der Waals surface area contributed by atoms with Gasteiger partial charge in [0.2, 0.25) is 5.88 Å². The van der Waals surface area contributed by atoms with Gasteiger partial charge in [-0.05, 0) is 42.3 Å². The molecule has 0 saturated carbocycles. The Bertz CT molecular complexity index is 632. The van der Waals surface area contributed by atoms with E-state index in [1.165, 1.54) is 0 Å². The minimum absolute atomic E-state index is 0.363. The van der Waals surface area contributed by atoms with Crippen molar-refractivity contribution in [3.05, 3.63) is 51.1 Å². The van der Waals surface area contributed by atoms with E-state index < -0.39 is 0 Å². The molecule has 112 valence electrons. The molecule has 0 radical (unpaired) electrons. The molecule has 1 heterocycles. The van der Waals surface area contributed by atoms with Crippen molar-refractivity contribution in [2.75, 3.05) is 7.05 Å². The van der Waals surface area contributed by atoms with Gasteiger partial charge in [0, 0.05) is 23.3 Å². The van der Waals surface area contributed by atoms with Gasteiger partial charge in [-0.1, -0.05) is 41.4 Å². The molecule has 0 unspecified atom stereocenters. The van der Waals surface area contributed by atoms with E-state index in [-0.39, 0.29) is 0 Å². The highest BCUT2D eigenvalue weighted by Gasteiger charge is 2.11. The molecule has 0 aliphatic carbocycles. The lowest BCUT2D eigenvalue weighted by Crippen LogP contribution is -2.06. The number of hydrogen-bond acceptors (Lipinski definition) is 3. The van der Waals surface area contributed by atoms with Crippen LogP contribution in [0, 0.1) is 0 Å². The van der Waals surface area contributed by atoms with Gasteiger partial charge in [-0.15, -0.1) is 0 Å². The van der Waals surface area contributed by atoms with E-state index in [1.54, 1.807) is 6.20 Å². The zero-order valence-corrected chi connectivity index (χ0v) is 14.6. The molecule has 1 aromatic heterocycles. The second-order valence-electron chi connectivity index (χ2n) is 5.08. The smallest absolute Gasteiger partial charge is 0.219 e. The Kier molecular flexibility index (Phi) is 5.62. The largest absolute Gasteiger partial charge is 0.439 e. The molecule has 1 N–H and O–H groups in total. The maximum atomic E-state index is 6.12. The van der Waals surface area contributed by atoms with E-state index >= 15 is 0 Å². The summed E-state index contributed by atoms with van der Waals surface area (Å²) in [7, 11) is 1.88. The van der Waals surface area contributed by atoms with Gasteiger partial charge >= 0.3 is 0 Å². The zero-order chi connectivity index (χ0) is 15.4. The van der Waals surface area contributed by atoms with Crippen LogP contribution in [-0.2, 0) is 6.54 Å².